The lowest BCUT2D eigenvalue weighted by Crippen LogP contribution is -2.25. The van der Waals surface area contributed by atoms with E-state index in [4.69, 9.17) is 21.1 Å². The molecule has 0 bridgehead atoms. The van der Waals surface area contributed by atoms with Gasteiger partial charge in [0.2, 0.25) is 0 Å². The summed E-state index contributed by atoms with van der Waals surface area (Å²) in [4.78, 5) is 25.1. The van der Waals surface area contributed by atoms with Gasteiger partial charge in [0.1, 0.15) is 17.2 Å². The zero-order valence-corrected chi connectivity index (χ0v) is 22.5. The van der Waals surface area contributed by atoms with Gasteiger partial charge in [0.15, 0.2) is 11.9 Å². The van der Waals surface area contributed by atoms with E-state index >= 15 is 0 Å². The van der Waals surface area contributed by atoms with Crippen LogP contribution in [0.25, 0.3) is 10.9 Å². The van der Waals surface area contributed by atoms with E-state index in [-0.39, 0.29) is 29.1 Å². The van der Waals surface area contributed by atoms with Crippen LogP contribution < -0.4 is 14.2 Å². The molecule has 0 aliphatic heterocycles. The highest BCUT2D eigenvalue weighted by molar-refractivity contribution is 6.35. The van der Waals surface area contributed by atoms with Gasteiger partial charge in [-0.05, 0) is 61.4 Å². The fourth-order valence-electron chi connectivity index (χ4n) is 4.46. The number of carboxylic acid groups (broad SMARTS) is 1. The highest BCUT2D eigenvalue weighted by Crippen LogP contribution is 2.35. The molecule has 0 fully saturated rings. The van der Waals surface area contributed by atoms with Crippen molar-refractivity contribution < 1.29 is 42.1 Å². The average Bonchev–Trinajstić information content (AvgIpc) is 3.16. The van der Waals surface area contributed by atoms with Crippen molar-refractivity contribution in [2.24, 2.45) is 0 Å². The third-order valence-electron chi connectivity index (χ3n) is 6.34. The molecule has 1 aromatic heterocycles. The smallest absolute Gasteiger partial charge is 0.497 e. The summed E-state index contributed by atoms with van der Waals surface area (Å²) >= 11 is 6.38. The van der Waals surface area contributed by atoms with Crippen molar-refractivity contribution in [3.8, 4) is 17.2 Å². The molecule has 3 aromatic carbocycles. The van der Waals surface area contributed by atoms with Gasteiger partial charge in [-0.1, -0.05) is 30.7 Å². The summed E-state index contributed by atoms with van der Waals surface area (Å²) in [5.74, 6) is -1.17. The van der Waals surface area contributed by atoms with Crippen molar-refractivity contribution in [1.29, 1.82) is 0 Å². The number of aliphatic carboxylic acids is 1. The lowest BCUT2D eigenvalue weighted by molar-refractivity contribution is -0.274. The Kier molecular flexibility index (Phi) is 8.29. The Morgan fingerprint density at radius 2 is 1.75 bits per heavy atom. The maximum Gasteiger partial charge on any atom is 0.573 e. The minimum atomic E-state index is -4.90. The summed E-state index contributed by atoms with van der Waals surface area (Å²) < 4.78 is 55.6. The number of aromatic nitrogens is 1. The minimum Gasteiger partial charge on any atom is -0.497 e. The molecule has 0 aliphatic rings. The number of hydrogen-bond acceptors (Lipinski definition) is 5. The second-order valence-electron chi connectivity index (χ2n) is 8.95. The van der Waals surface area contributed by atoms with Crippen LogP contribution in [0.4, 0.5) is 13.2 Å². The first kappa shape index (κ1) is 28.8. The number of carboxylic acids is 1. The van der Waals surface area contributed by atoms with Crippen LogP contribution in [0.1, 0.15) is 40.5 Å². The van der Waals surface area contributed by atoms with Crippen molar-refractivity contribution in [3.05, 3.63) is 88.1 Å². The van der Waals surface area contributed by atoms with Crippen molar-refractivity contribution in [1.82, 2.24) is 4.57 Å². The number of methoxy groups -OCH3 is 1. The fraction of sp³-hybridized carbons (Fsp3) is 0.241. The largest absolute Gasteiger partial charge is 0.573 e. The highest BCUT2D eigenvalue weighted by Gasteiger charge is 2.32. The molecule has 0 radical (unpaired) electrons. The third-order valence-corrected chi connectivity index (χ3v) is 6.65. The predicted octanol–water partition coefficient (Wildman–Crippen LogP) is 7.03. The quantitative estimate of drug-likeness (QED) is 0.204. The van der Waals surface area contributed by atoms with Gasteiger partial charge in [-0.15, -0.1) is 13.2 Å². The van der Waals surface area contributed by atoms with E-state index < -0.39 is 30.0 Å². The molecular formula is C29H25ClF3NO6. The van der Waals surface area contributed by atoms with E-state index in [2.05, 4.69) is 4.74 Å². The topological polar surface area (TPSA) is 87.0 Å². The molecule has 4 aromatic rings. The average molecular weight is 576 g/mol. The summed E-state index contributed by atoms with van der Waals surface area (Å²) in [5, 5.41) is 9.90. The maximum atomic E-state index is 13.7. The number of halogens is 4. The van der Waals surface area contributed by atoms with Gasteiger partial charge in [-0.3, -0.25) is 4.79 Å². The Morgan fingerprint density at radius 3 is 2.38 bits per heavy atom. The van der Waals surface area contributed by atoms with Crippen LogP contribution in [0.3, 0.4) is 0 Å². The molecule has 0 spiro atoms. The number of fused-ring (bicyclic) bond motifs is 1. The molecule has 210 valence electrons. The molecule has 1 atom stereocenters. The molecule has 0 saturated heterocycles. The monoisotopic (exact) mass is 575 g/mol. The van der Waals surface area contributed by atoms with Crippen LogP contribution >= 0.6 is 11.6 Å². The van der Waals surface area contributed by atoms with Gasteiger partial charge >= 0.3 is 12.3 Å². The maximum absolute atomic E-state index is 13.7. The fourth-order valence-corrected chi connectivity index (χ4v) is 4.71. The van der Waals surface area contributed by atoms with Gasteiger partial charge < -0.3 is 23.9 Å². The first-order chi connectivity index (χ1) is 18.9. The van der Waals surface area contributed by atoms with E-state index in [9.17, 15) is 27.9 Å². The normalized spacial score (nSPS) is 12.3. The number of hydrogen-bond donors (Lipinski definition) is 1. The van der Waals surface area contributed by atoms with Crippen LogP contribution in [0.5, 0.6) is 17.2 Å². The number of ether oxygens (including phenoxy) is 3. The molecular weight excluding hydrogens is 551 g/mol. The van der Waals surface area contributed by atoms with Crippen LogP contribution in [-0.2, 0) is 11.3 Å². The first-order valence-corrected chi connectivity index (χ1v) is 12.5. The number of carbonyl (C=O) groups excluding carboxylic acids is 1. The lowest BCUT2D eigenvalue weighted by Gasteiger charge is -2.15. The second kappa shape index (κ2) is 11.5. The molecule has 1 heterocycles. The van der Waals surface area contributed by atoms with Gasteiger partial charge in [-0.25, -0.2) is 4.79 Å². The highest BCUT2D eigenvalue weighted by atomic mass is 35.5. The van der Waals surface area contributed by atoms with Crippen molar-refractivity contribution in [2.75, 3.05) is 7.11 Å². The van der Waals surface area contributed by atoms with E-state index in [0.29, 0.717) is 33.7 Å². The molecule has 1 N–H and O–H groups in total. The number of alkyl halides is 3. The van der Waals surface area contributed by atoms with E-state index in [0.717, 1.165) is 6.07 Å². The van der Waals surface area contributed by atoms with E-state index in [1.54, 1.807) is 48.7 Å². The Morgan fingerprint density at radius 1 is 1.02 bits per heavy atom. The summed E-state index contributed by atoms with van der Waals surface area (Å²) in [6.45, 7) is 3.52. The minimum absolute atomic E-state index is 0.141. The number of carbonyl (C=O) groups is 2. The molecule has 11 heteroatoms. The molecule has 4 rings (SSSR count). The summed E-state index contributed by atoms with van der Waals surface area (Å²) in [6, 6.07) is 15.1. The van der Waals surface area contributed by atoms with Gasteiger partial charge in [0.05, 0.1) is 23.2 Å². The Hall–Kier alpha value is -4.18. The summed E-state index contributed by atoms with van der Waals surface area (Å²) in [6.07, 6.45) is -5.69. The lowest BCUT2D eigenvalue weighted by atomic mass is 10.00. The van der Waals surface area contributed by atoms with Crippen LogP contribution in [0.15, 0.2) is 60.7 Å². The van der Waals surface area contributed by atoms with E-state index in [1.165, 1.54) is 31.4 Å². The van der Waals surface area contributed by atoms with Crippen LogP contribution in [0, 0.1) is 6.92 Å². The molecule has 0 saturated carbocycles. The molecule has 40 heavy (non-hydrogen) atoms. The van der Waals surface area contributed by atoms with Crippen molar-refractivity contribution >= 4 is 34.3 Å². The zero-order chi connectivity index (χ0) is 29.2. The second-order valence-corrected chi connectivity index (χ2v) is 9.36. The Balaban J connectivity index is 1.82. The summed E-state index contributed by atoms with van der Waals surface area (Å²) in [5.41, 5.74) is 1.95. The zero-order valence-electron chi connectivity index (χ0n) is 21.7. The SMILES string of the molecule is CCC(Oc1cccc(Cn2c(C)c(C(=O)c3ccc(OC)cc3Cl)c3ccc(OC(F)(F)F)cc32)c1)C(=O)O. The molecule has 1 unspecified atom stereocenters. The van der Waals surface area contributed by atoms with Gasteiger partial charge in [0.25, 0.3) is 0 Å². The van der Waals surface area contributed by atoms with Crippen LogP contribution in [-0.4, -0.2) is 41.0 Å². The number of nitrogens with zero attached hydrogens (tertiary/aromatic N) is 1. The summed E-state index contributed by atoms with van der Waals surface area (Å²) in [7, 11) is 1.47. The van der Waals surface area contributed by atoms with Gasteiger partial charge in [0, 0.05) is 29.3 Å². The Bertz CT molecular complexity index is 1580. The van der Waals surface area contributed by atoms with Crippen molar-refractivity contribution in [3.63, 3.8) is 0 Å². The van der Waals surface area contributed by atoms with E-state index in [1.807, 2.05) is 0 Å². The molecule has 7 nitrogen and oxygen atoms in total. The van der Waals surface area contributed by atoms with Crippen molar-refractivity contribution in [2.45, 2.75) is 39.3 Å². The number of ketones is 1. The Labute approximate surface area is 232 Å². The number of benzene rings is 3. The number of rotatable bonds is 10. The van der Waals surface area contributed by atoms with Crippen LogP contribution in [0.2, 0.25) is 5.02 Å². The predicted molar refractivity (Wildman–Crippen MR) is 143 cm³/mol. The standard InChI is InChI=1S/C29H25ClF3NO6/c1-4-25(28(36)37)39-19-7-5-6-17(12-19)15-34-16(2)26(27(35)21-10-8-18(38-3)13-23(21)30)22-11-9-20(14-24(22)34)40-29(31,32)33/h5-14,25H,4,15H2,1-3H3,(H,36,37). The molecule has 0 amide bonds. The molecule has 0 aliphatic carbocycles. The van der Waals surface area contributed by atoms with Gasteiger partial charge in [-0.2, -0.15) is 0 Å². The first-order valence-electron chi connectivity index (χ1n) is 12.2. The third kappa shape index (κ3) is 6.17.